The predicted molar refractivity (Wildman–Crippen MR) is 56.9 cm³/mol. The minimum absolute atomic E-state index is 1.04. The van der Waals surface area contributed by atoms with Gasteiger partial charge in [-0.25, -0.2) is 4.98 Å². The number of hydrogen-bond donors (Lipinski definition) is 1. The van der Waals surface area contributed by atoms with Crippen molar-refractivity contribution >= 4 is 17.4 Å². The largest absolute Gasteiger partial charge is 0.313 e. The van der Waals surface area contributed by atoms with E-state index in [1.807, 2.05) is 6.92 Å². The molecule has 1 aliphatic heterocycles. The van der Waals surface area contributed by atoms with E-state index < -0.39 is 0 Å². The maximum absolute atomic E-state index is 4.42. The molecule has 1 aromatic rings. The van der Waals surface area contributed by atoms with Gasteiger partial charge in [-0.2, -0.15) is 0 Å². The van der Waals surface area contributed by atoms with Gasteiger partial charge in [0.05, 0.1) is 10.7 Å². The van der Waals surface area contributed by atoms with Crippen molar-refractivity contribution < 1.29 is 0 Å². The van der Waals surface area contributed by atoms with Crippen LogP contribution < -0.4 is 5.32 Å². The fourth-order valence-corrected chi connectivity index (χ4v) is 2.13. The van der Waals surface area contributed by atoms with Crippen molar-refractivity contribution in [2.75, 3.05) is 13.1 Å². The number of rotatable bonds is 1. The summed E-state index contributed by atoms with van der Waals surface area (Å²) in [5.74, 6) is 0. The first-order chi connectivity index (χ1) is 6.34. The van der Waals surface area contributed by atoms with Gasteiger partial charge in [-0.3, -0.25) is 0 Å². The van der Waals surface area contributed by atoms with E-state index in [1.165, 1.54) is 18.4 Å². The Morgan fingerprint density at radius 2 is 2.54 bits per heavy atom. The van der Waals surface area contributed by atoms with Gasteiger partial charge in [0, 0.05) is 11.9 Å². The van der Waals surface area contributed by atoms with Gasteiger partial charge < -0.3 is 5.32 Å². The van der Waals surface area contributed by atoms with E-state index in [9.17, 15) is 0 Å². The summed E-state index contributed by atoms with van der Waals surface area (Å²) < 4.78 is 0. The van der Waals surface area contributed by atoms with Crippen molar-refractivity contribution in [1.29, 1.82) is 0 Å². The van der Waals surface area contributed by atoms with E-state index >= 15 is 0 Å². The van der Waals surface area contributed by atoms with Crippen LogP contribution >= 0.6 is 11.3 Å². The Morgan fingerprint density at radius 1 is 1.62 bits per heavy atom. The molecule has 1 saturated heterocycles. The van der Waals surface area contributed by atoms with Gasteiger partial charge in [0.15, 0.2) is 0 Å². The molecule has 0 spiro atoms. The van der Waals surface area contributed by atoms with Gasteiger partial charge in [0.2, 0.25) is 0 Å². The summed E-state index contributed by atoms with van der Waals surface area (Å²) in [4.78, 5) is 4.42. The summed E-state index contributed by atoms with van der Waals surface area (Å²) in [6, 6.07) is 0. The summed E-state index contributed by atoms with van der Waals surface area (Å²) in [5, 5.41) is 6.64. The summed E-state index contributed by atoms with van der Waals surface area (Å²) in [6.07, 6.45) is 4.70. The Labute approximate surface area is 82.7 Å². The van der Waals surface area contributed by atoms with Crippen molar-refractivity contribution in [1.82, 2.24) is 10.3 Å². The highest BCUT2D eigenvalue weighted by Gasteiger charge is 2.04. The Bertz CT molecular complexity index is 306. The molecule has 0 aromatic carbocycles. The molecule has 0 bridgehead atoms. The topological polar surface area (TPSA) is 24.9 Å². The number of thiazole rings is 1. The monoisotopic (exact) mass is 194 g/mol. The molecule has 0 amide bonds. The lowest BCUT2D eigenvalue weighted by molar-refractivity contribution is 0.613. The van der Waals surface area contributed by atoms with Gasteiger partial charge in [-0.15, -0.1) is 11.3 Å². The van der Waals surface area contributed by atoms with Crippen LogP contribution in [0.2, 0.25) is 0 Å². The summed E-state index contributed by atoms with van der Waals surface area (Å²) >= 11 is 1.72. The highest BCUT2D eigenvalue weighted by molar-refractivity contribution is 7.09. The van der Waals surface area contributed by atoms with Gasteiger partial charge in [0.1, 0.15) is 0 Å². The van der Waals surface area contributed by atoms with E-state index in [-0.39, 0.29) is 0 Å². The van der Waals surface area contributed by atoms with Crippen LogP contribution in [0.5, 0.6) is 0 Å². The third-order valence-corrected chi connectivity index (χ3v) is 2.98. The molecule has 1 aromatic heterocycles. The van der Waals surface area contributed by atoms with Crippen LogP contribution in [0.1, 0.15) is 23.5 Å². The summed E-state index contributed by atoms with van der Waals surface area (Å²) in [5.41, 5.74) is 2.61. The molecule has 3 heteroatoms. The molecule has 70 valence electrons. The first-order valence-corrected chi connectivity index (χ1v) is 5.55. The van der Waals surface area contributed by atoms with Crippen LogP contribution in [0, 0.1) is 6.92 Å². The molecule has 0 radical (unpaired) electrons. The highest BCUT2D eigenvalue weighted by Crippen LogP contribution is 2.15. The predicted octanol–water partition coefficient (Wildman–Crippen LogP) is 2.22. The summed E-state index contributed by atoms with van der Waals surface area (Å²) in [6.45, 7) is 4.25. The van der Waals surface area contributed by atoms with Gasteiger partial charge in [-0.05, 0) is 32.4 Å². The van der Waals surface area contributed by atoms with Crippen LogP contribution in [0.3, 0.4) is 0 Å². The van der Waals surface area contributed by atoms with Crippen LogP contribution in [0.4, 0.5) is 0 Å². The quantitative estimate of drug-likeness (QED) is 0.741. The first kappa shape index (κ1) is 8.91. The second-order valence-electron chi connectivity index (χ2n) is 3.37. The van der Waals surface area contributed by atoms with Crippen LogP contribution in [-0.4, -0.2) is 18.1 Å². The minimum Gasteiger partial charge on any atom is -0.313 e. The number of piperidine rings is 1. The average molecular weight is 194 g/mol. The van der Waals surface area contributed by atoms with Crippen molar-refractivity contribution in [3.05, 3.63) is 21.7 Å². The molecule has 13 heavy (non-hydrogen) atoms. The van der Waals surface area contributed by atoms with E-state index in [4.69, 9.17) is 0 Å². The lowest BCUT2D eigenvalue weighted by Crippen LogP contribution is -2.23. The SMILES string of the molecule is Cc1nc(C=C2CCCNC2)cs1. The first-order valence-electron chi connectivity index (χ1n) is 4.67. The maximum atomic E-state index is 4.42. The van der Waals surface area contributed by atoms with E-state index in [1.54, 1.807) is 11.3 Å². The van der Waals surface area contributed by atoms with Crippen molar-refractivity contribution in [2.24, 2.45) is 0 Å². The molecule has 0 atom stereocenters. The molecule has 2 rings (SSSR count). The molecule has 1 fully saturated rings. The molecule has 1 aliphatic rings. The lowest BCUT2D eigenvalue weighted by Gasteiger charge is -2.14. The Morgan fingerprint density at radius 3 is 3.15 bits per heavy atom. The zero-order valence-corrected chi connectivity index (χ0v) is 8.66. The molecule has 0 saturated carbocycles. The molecule has 0 unspecified atom stereocenters. The van der Waals surface area contributed by atoms with E-state index in [0.29, 0.717) is 0 Å². The second kappa shape index (κ2) is 4.03. The maximum Gasteiger partial charge on any atom is 0.0901 e. The highest BCUT2D eigenvalue weighted by atomic mass is 32.1. The lowest BCUT2D eigenvalue weighted by atomic mass is 10.1. The van der Waals surface area contributed by atoms with Crippen molar-refractivity contribution in [3.63, 3.8) is 0 Å². The Kier molecular flexibility index (Phi) is 2.76. The Balaban J connectivity index is 2.09. The van der Waals surface area contributed by atoms with Crippen LogP contribution in [-0.2, 0) is 0 Å². The van der Waals surface area contributed by atoms with Crippen LogP contribution in [0.15, 0.2) is 11.0 Å². The minimum atomic E-state index is 1.04. The van der Waals surface area contributed by atoms with Gasteiger partial charge in [0.25, 0.3) is 0 Å². The number of aromatic nitrogens is 1. The molecular weight excluding hydrogens is 180 g/mol. The fourth-order valence-electron chi connectivity index (χ4n) is 1.56. The zero-order valence-electron chi connectivity index (χ0n) is 7.84. The van der Waals surface area contributed by atoms with Crippen LogP contribution in [0.25, 0.3) is 6.08 Å². The molecular formula is C10H14N2S. The van der Waals surface area contributed by atoms with Gasteiger partial charge >= 0.3 is 0 Å². The summed E-state index contributed by atoms with van der Waals surface area (Å²) in [7, 11) is 0. The number of aryl methyl sites for hydroxylation is 1. The molecule has 2 nitrogen and oxygen atoms in total. The average Bonchev–Trinajstić information content (AvgIpc) is 2.53. The van der Waals surface area contributed by atoms with Crippen molar-refractivity contribution in [2.45, 2.75) is 19.8 Å². The number of nitrogens with one attached hydrogen (secondary N) is 1. The smallest absolute Gasteiger partial charge is 0.0901 e. The normalized spacial score (nSPS) is 20.8. The standard InChI is InChI=1S/C10H14N2S/c1-8-12-10(7-13-8)5-9-3-2-4-11-6-9/h5,7,11H,2-4,6H2,1H3. The zero-order chi connectivity index (χ0) is 9.10. The Hall–Kier alpha value is -0.670. The second-order valence-corrected chi connectivity index (χ2v) is 4.44. The van der Waals surface area contributed by atoms with E-state index in [2.05, 4.69) is 21.8 Å². The van der Waals surface area contributed by atoms with Crippen molar-refractivity contribution in [3.8, 4) is 0 Å². The number of nitrogens with zero attached hydrogens (tertiary/aromatic N) is 1. The molecule has 0 aliphatic carbocycles. The number of hydrogen-bond acceptors (Lipinski definition) is 3. The third-order valence-electron chi connectivity index (χ3n) is 2.19. The van der Waals surface area contributed by atoms with Gasteiger partial charge in [-0.1, -0.05) is 5.57 Å². The van der Waals surface area contributed by atoms with E-state index in [0.717, 1.165) is 23.8 Å². The third kappa shape index (κ3) is 2.39. The fraction of sp³-hybridized carbons (Fsp3) is 0.500. The molecule has 1 N–H and O–H groups in total. The molecule has 2 heterocycles.